The molecular formula is C13H12BrFN2. The molecule has 3 N–H and O–H groups in total. The van der Waals surface area contributed by atoms with Crippen molar-refractivity contribution in [3.05, 3.63) is 52.3 Å². The molecule has 0 saturated heterocycles. The molecular weight excluding hydrogens is 283 g/mol. The van der Waals surface area contributed by atoms with Crippen molar-refractivity contribution < 1.29 is 4.39 Å². The van der Waals surface area contributed by atoms with Gasteiger partial charge in [-0.25, -0.2) is 4.39 Å². The van der Waals surface area contributed by atoms with Crippen molar-refractivity contribution in [2.24, 2.45) is 0 Å². The number of rotatable bonds is 2. The first-order chi connectivity index (χ1) is 8.06. The van der Waals surface area contributed by atoms with E-state index in [4.69, 9.17) is 5.73 Å². The first kappa shape index (κ1) is 11.9. The summed E-state index contributed by atoms with van der Waals surface area (Å²) in [5, 5.41) is 3.12. The van der Waals surface area contributed by atoms with Gasteiger partial charge in [-0.15, -0.1) is 0 Å². The third-order valence-corrected chi connectivity index (χ3v) is 3.12. The Labute approximate surface area is 108 Å². The Morgan fingerprint density at radius 2 is 1.76 bits per heavy atom. The van der Waals surface area contributed by atoms with E-state index in [9.17, 15) is 4.39 Å². The number of benzene rings is 2. The minimum absolute atomic E-state index is 0.290. The SMILES string of the molecule is Cc1cc(Nc2ccc(Br)c(F)c2)ccc1N. The summed E-state index contributed by atoms with van der Waals surface area (Å²) < 4.78 is 13.8. The van der Waals surface area contributed by atoms with E-state index >= 15 is 0 Å². The molecule has 0 aliphatic rings. The highest BCUT2D eigenvalue weighted by molar-refractivity contribution is 9.10. The zero-order valence-corrected chi connectivity index (χ0v) is 10.9. The van der Waals surface area contributed by atoms with E-state index in [1.54, 1.807) is 12.1 Å². The standard InChI is InChI=1S/C13H12BrFN2/c1-8-6-9(3-5-13(8)16)17-10-2-4-11(14)12(15)7-10/h2-7,17H,16H2,1H3. The predicted octanol–water partition coefficient (Wildman–Crippen LogP) is 4.22. The number of nitrogen functional groups attached to an aromatic ring is 1. The van der Waals surface area contributed by atoms with Crippen LogP contribution in [0.25, 0.3) is 0 Å². The van der Waals surface area contributed by atoms with Gasteiger partial charge in [0.2, 0.25) is 0 Å². The average Bonchev–Trinajstić information content (AvgIpc) is 2.29. The Morgan fingerprint density at radius 1 is 1.12 bits per heavy atom. The van der Waals surface area contributed by atoms with Crippen LogP contribution < -0.4 is 11.1 Å². The number of nitrogens with two attached hydrogens (primary N) is 1. The van der Waals surface area contributed by atoms with Gasteiger partial charge < -0.3 is 11.1 Å². The van der Waals surface area contributed by atoms with Gasteiger partial charge in [0.15, 0.2) is 0 Å². The molecule has 2 aromatic carbocycles. The second-order valence-electron chi connectivity index (χ2n) is 3.83. The topological polar surface area (TPSA) is 38.0 Å². The van der Waals surface area contributed by atoms with E-state index in [0.717, 1.165) is 16.9 Å². The molecule has 0 atom stereocenters. The van der Waals surface area contributed by atoms with Gasteiger partial charge in [-0.1, -0.05) is 0 Å². The molecule has 0 heterocycles. The highest BCUT2D eigenvalue weighted by Gasteiger charge is 2.02. The van der Waals surface area contributed by atoms with Gasteiger partial charge in [-0.2, -0.15) is 0 Å². The van der Waals surface area contributed by atoms with Crippen molar-refractivity contribution in [3.8, 4) is 0 Å². The largest absolute Gasteiger partial charge is 0.399 e. The van der Waals surface area contributed by atoms with Crippen molar-refractivity contribution in [3.63, 3.8) is 0 Å². The summed E-state index contributed by atoms with van der Waals surface area (Å²) in [7, 11) is 0. The molecule has 0 amide bonds. The van der Waals surface area contributed by atoms with Crippen molar-refractivity contribution in [1.82, 2.24) is 0 Å². The van der Waals surface area contributed by atoms with Crippen LogP contribution in [0.4, 0.5) is 21.5 Å². The molecule has 0 bridgehead atoms. The van der Waals surface area contributed by atoms with E-state index in [0.29, 0.717) is 10.2 Å². The Bertz CT molecular complexity index is 506. The van der Waals surface area contributed by atoms with E-state index < -0.39 is 0 Å². The maximum absolute atomic E-state index is 13.3. The van der Waals surface area contributed by atoms with Crippen LogP contribution in [0.5, 0.6) is 0 Å². The van der Waals surface area contributed by atoms with Gasteiger partial charge in [0.05, 0.1) is 4.47 Å². The van der Waals surface area contributed by atoms with Crippen molar-refractivity contribution in [1.29, 1.82) is 0 Å². The lowest BCUT2D eigenvalue weighted by Gasteiger charge is -2.09. The Hall–Kier alpha value is -1.55. The molecule has 4 heteroatoms. The molecule has 0 unspecified atom stereocenters. The third kappa shape index (κ3) is 2.77. The molecule has 0 aliphatic carbocycles. The van der Waals surface area contributed by atoms with Gasteiger partial charge in [0.1, 0.15) is 5.82 Å². The van der Waals surface area contributed by atoms with Crippen LogP contribution in [0, 0.1) is 12.7 Å². The van der Waals surface area contributed by atoms with Crippen molar-refractivity contribution in [2.45, 2.75) is 6.92 Å². The fourth-order valence-corrected chi connectivity index (χ4v) is 1.74. The summed E-state index contributed by atoms with van der Waals surface area (Å²) in [5.74, 6) is -0.290. The fraction of sp³-hybridized carbons (Fsp3) is 0.0769. The van der Waals surface area contributed by atoms with Gasteiger partial charge in [0, 0.05) is 17.1 Å². The first-order valence-corrected chi connectivity index (χ1v) is 5.94. The van der Waals surface area contributed by atoms with Gasteiger partial charge >= 0.3 is 0 Å². The van der Waals surface area contributed by atoms with Crippen molar-refractivity contribution in [2.75, 3.05) is 11.1 Å². The van der Waals surface area contributed by atoms with Gasteiger partial charge in [-0.3, -0.25) is 0 Å². The second-order valence-corrected chi connectivity index (χ2v) is 4.68. The summed E-state index contributed by atoms with van der Waals surface area (Å²) in [5.41, 5.74) is 9.06. The highest BCUT2D eigenvalue weighted by Crippen LogP contribution is 2.24. The lowest BCUT2D eigenvalue weighted by molar-refractivity contribution is 0.622. The first-order valence-electron chi connectivity index (χ1n) is 5.14. The number of hydrogen-bond donors (Lipinski definition) is 2. The van der Waals surface area contributed by atoms with Crippen LogP contribution in [0.2, 0.25) is 0 Å². The molecule has 0 radical (unpaired) electrons. The van der Waals surface area contributed by atoms with Crippen LogP contribution in [0.3, 0.4) is 0 Å². The maximum Gasteiger partial charge on any atom is 0.139 e. The predicted molar refractivity (Wildman–Crippen MR) is 73.0 cm³/mol. The summed E-state index contributed by atoms with van der Waals surface area (Å²) >= 11 is 3.12. The summed E-state index contributed by atoms with van der Waals surface area (Å²) in [4.78, 5) is 0. The van der Waals surface area contributed by atoms with Crippen LogP contribution in [-0.4, -0.2) is 0 Å². The molecule has 2 nitrogen and oxygen atoms in total. The van der Waals surface area contributed by atoms with Crippen LogP contribution in [-0.2, 0) is 0 Å². The number of anilines is 3. The molecule has 0 aliphatic heterocycles. The molecule has 88 valence electrons. The molecule has 0 saturated carbocycles. The van der Waals surface area contributed by atoms with Crippen LogP contribution in [0.15, 0.2) is 40.9 Å². The number of halogens is 2. The van der Waals surface area contributed by atoms with E-state index in [1.165, 1.54) is 6.07 Å². The molecule has 2 aromatic rings. The minimum Gasteiger partial charge on any atom is -0.399 e. The lowest BCUT2D eigenvalue weighted by Crippen LogP contribution is -1.94. The molecule has 17 heavy (non-hydrogen) atoms. The second kappa shape index (κ2) is 4.75. The van der Waals surface area contributed by atoms with E-state index in [-0.39, 0.29) is 5.82 Å². The van der Waals surface area contributed by atoms with Gasteiger partial charge in [0.25, 0.3) is 0 Å². The normalized spacial score (nSPS) is 10.3. The molecule has 0 fully saturated rings. The molecule has 2 rings (SSSR count). The van der Waals surface area contributed by atoms with E-state index in [2.05, 4.69) is 21.2 Å². The van der Waals surface area contributed by atoms with Crippen LogP contribution >= 0.6 is 15.9 Å². The number of aryl methyl sites for hydroxylation is 1. The van der Waals surface area contributed by atoms with Gasteiger partial charge in [-0.05, 0) is 64.8 Å². The third-order valence-electron chi connectivity index (χ3n) is 2.48. The number of nitrogens with one attached hydrogen (secondary N) is 1. The summed E-state index contributed by atoms with van der Waals surface area (Å²) in [6.07, 6.45) is 0. The average molecular weight is 295 g/mol. The van der Waals surface area contributed by atoms with Crippen LogP contribution in [0.1, 0.15) is 5.56 Å². The minimum atomic E-state index is -0.290. The monoisotopic (exact) mass is 294 g/mol. The van der Waals surface area contributed by atoms with Crippen molar-refractivity contribution >= 4 is 33.0 Å². The fourth-order valence-electron chi connectivity index (χ4n) is 1.49. The number of hydrogen-bond acceptors (Lipinski definition) is 2. The zero-order chi connectivity index (χ0) is 12.4. The maximum atomic E-state index is 13.3. The highest BCUT2D eigenvalue weighted by atomic mass is 79.9. The smallest absolute Gasteiger partial charge is 0.139 e. The molecule has 0 spiro atoms. The lowest BCUT2D eigenvalue weighted by atomic mass is 10.2. The Morgan fingerprint density at radius 3 is 2.41 bits per heavy atom. The van der Waals surface area contributed by atoms with E-state index in [1.807, 2.05) is 25.1 Å². The molecule has 0 aromatic heterocycles. The Balaban J connectivity index is 2.25. The summed E-state index contributed by atoms with van der Waals surface area (Å²) in [6.45, 7) is 1.93. The zero-order valence-electron chi connectivity index (χ0n) is 9.30. The Kier molecular flexibility index (Phi) is 3.33. The quantitative estimate of drug-likeness (QED) is 0.814. The summed E-state index contributed by atoms with van der Waals surface area (Å²) in [6, 6.07) is 10.5.